The van der Waals surface area contributed by atoms with E-state index in [-0.39, 0.29) is 17.2 Å². The van der Waals surface area contributed by atoms with Crippen LogP contribution in [-0.4, -0.2) is 32.8 Å². The second-order valence-corrected chi connectivity index (χ2v) is 5.68. The maximum Gasteiger partial charge on any atom is 0.244 e. The SMILES string of the molecule is COc1ccc(S(=O)(=O)NCc2cn[nH]c2)c(OC)c1. The van der Waals surface area contributed by atoms with Crippen LogP contribution in [0.5, 0.6) is 11.5 Å². The lowest BCUT2D eigenvalue weighted by atomic mass is 10.3. The fraction of sp³-hybridized carbons (Fsp3) is 0.250. The third-order valence-electron chi connectivity index (χ3n) is 2.68. The molecule has 2 rings (SSSR count). The standard InChI is InChI=1S/C12H15N3O4S/c1-18-10-3-4-12(11(5-10)19-2)20(16,17)15-8-9-6-13-14-7-9/h3-7,15H,8H2,1-2H3,(H,13,14). The Balaban J connectivity index is 2.24. The summed E-state index contributed by atoms with van der Waals surface area (Å²) in [7, 11) is -0.770. The van der Waals surface area contributed by atoms with Crippen LogP contribution in [-0.2, 0) is 16.6 Å². The Morgan fingerprint density at radius 1 is 1.30 bits per heavy atom. The van der Waals surface area contributed by atoms with Crippen LogP contribution in [0.4, 0.5) is 0 Å². The van der Waals surface area contributed by atoms with Gasteiger partial charge in [0.2, 0.25) is 10.0 Å². The van der Waals surface area contributed by atoms with Gasteiger partial charge < -0.3 is 9.47 Å². The van der Waals surface area contributed by atoms with E-state index in [1.165, 1.54) is 26.4 Å². The summed E-state index contributed by atoms with van der Waals surface area (Å²) in [6, 6.07) is 4.52. The van der Waals surface area contributed by atoms with E-state index in [1.54, 1.807) is 18.5 Å². The number of benzene rings is 1. The van der Waals surface area contributed by atoms with Crippen LogP contribution in [0.25, 0.3) is 0 Å². The van der Waals surface area contributed by atoms with Crippen molar-refractivity contribution in [1.82, 2.24) is 14.9 Å². The Bertz CT molecular complexity index is 668. The molecule has 0 saturated heterocycles. The van der Waals surface area contributed by atoms with Gasteiger partial charge in [-0.15, -0.1) is 0 Å². The van der Waals surface area contributed by atoms with Crippen molar-refractivity contribution in [1.29, 1.82) is 0 Å². The summed E-state index contributed by atoms with van der Waals surface area (Å²) in [6.07, 6.45) is 3.17. The molecule has 1 aromatic heterocycles. The van der Waals surface area contributed by atoms with Crippen molar-refractivity contribution in [3.05, 3.63) is 36.2 Å². The van der Waals surface area contributed by atoms with E-state index in [4.69, 9.17) is 9.47 Å². The molecule has 2 N–H and O–H groups in total. The number of methoxy groups -OCH3 is 2. The maximum absolute atomic E-state index is 12.2. The van der Waals surface area contributed by atoms with Gasteiger partial charge in [-0.25, -0.2) is 13.1 Å². The summed E-state index contributed by atoms with van der Waals surface area (Å²) in [6.45, 7) is 0.147. The second-order valence-electron chi connectivity index (χ2n) is 3.95. The summed E-state index contributed by atoms with van der Waals surface area (Å²) < 4.78 is 37.1. The van der Waals surface area contributed by atoms with Gasteiger partial charge in [-0.2, -0.15) is 5.10 Å². The van der Waals surface area contributed by atoms with Crippen LogP contribution < -0.4 is 14.2 Å². The van der Waals surface area contributed by atoms with Gasteiger partial charge in [0, 0.05) is 24.4 Å². The number of nitrogens with zero attached hydrogens (tertiary/aromatic N) is 1. The highest BCUT2D eigenvalue weighted by molar-refractivity contribution is 7.89. The van der Waals surface area contributed by atoms with Gasteiger partial charge in [0.15, 0.2) is 0 Å². The van der Waals surface area contributed by atoms with Crippen molar-refractivity contribution in [3.8, 4) is 11.5 Å². The maximum atomic E-state index is 12.2. The Hall–Kier alpha value is -2.06. The molecule has 0 unspecified atom stereocenters. The van der Waals surface area contributed by atoms with E-state index in [1.807, 2.05) is 0 Å². The van der Waals surface area contributed by atoms with E-state index in [0.29, 0.717) is 5.75 Å². The zero-order valence-corrected chi connectivity index (χ0v) is 11.9. The van der Waals surface area contributed by atoms with Crippen molar-refractivity contribution in [2.24, 2.45) is 0 Å². The van der Waals surface area contributed by atoms with Gasteiger partial charge in [0.1, 0.15) is 16.4 Å². The number of ether oxygens (including phenoxy) is 2. The van der Waals surface area contributed by atoms with Crippen LogP contribution in [0.3, 0.4) is 0 Å². The van der Waals surface area contributed by atoms with Crippen LogP contribution in [0.15, 0.2) is 35.5 Å². The molecular weight excluding hydrogens is 282 g/mol. The second kappa shape index (κ2) is 5.93. The van der Waals surface area contributed by atoms with E-state index in [2.05, 4.69) is 14.9 Å². The summed E-state index contributed by atoms with van der Waals surface area (Å²) in [5.41, 5.74) is 0.737. The van der Waals surface area contributed by atoms with Crippen molar-refractivity contribution in [2.75, 3.05) is 14.2 Å². The topological polar surface area (TPSA) is 93.3 Å². The van der Waals surface area contributed by atoms with Gasteiger partial charge >= 0.3 is 0 Å². The van der Waals surface area contributed by atoms with Crippen molar-refractivity contribution in [2.45, 2.75) is 11.4 Å². The Kier molecular flexibility index (Phi) is 4.26. The minimum atomic E-state index is -3.68. The van der Waals surface area contributed by atoms with Gasteiger partial charge in [0.05, 0.1) is 20.4 Å². The molecule has 0 saturated carbocycles. The number of H-pyrrole nitrogens is 1. The summed E-state index contributed by atoms with van der Waals surface area (Å²) >= 11 is 0. The number of sulfonamides is 1. The molecule has 0 amide bonds. The Morgan fingerprint density at radius 3 is 2.70 bits per heavy atom. The minimum Gasteiger partial charge on any atom is -0.497 e. The number of hydrogen-bond acceptors (Lipinski definition) is 5. The molecule has 0 radical (unpaired) electrons. The molecule has 7 nitrogen and oxygen atoms in total. The molecule has 1 heterocycles. The first kappa shape index (κ1) is 14.4. The number of nitrogens with one attached hydrogen (secondary N) is 2. The Labute approximate surface area is 117 Å². The average molecular weight is 297 g/mol. The minimum absolute atomic E-state index is 0.0595. The van der Waals surface area contributed by atoms with Gasteiger partial charge in [0.25, 0.3) is 0 Å². The van der Waals surface area contributed by atoms with E-state index >= 15 is 0 Å². The summed E-state index contributed by atoms with van der Waals surface area (Å²) in [5, 5.41) is 6.37. The molecule has 0 spiro atoms. The lowest BCUT2D eigenvalue weighted by molar-refractivity contribution is 0.386. The fourth-order valence-corrected chi connectivity index (χ4v) is 2.79. The molecule has 8 heteroatoms. The lowest BCUT2D eigenvalue weighted by Gasteiger charge is -2.11. The predicted molar refractivity (Wildman–Crippen MR) is 72.2 cm³/mol. The highest BCUT2D eigenvalue weighted by atomic mass is 32.2. The third kappa shape index (κ3) is 3.09. The van der Waals surface area contributed by atoms with Crippen molar-refractivity contribution < 1.29 is 17.9 Å². The van der Waals surface area contributed by atoms with E-state index in [0.717, 1.165) is 5.56 Å². The summed E-state index contributed by atoms with van der Waals surface area (Å²) in [5.74, 6) is 0.750. The molecule has 20 heavy (non-hydrogen) atoms. The van der Waals surface area contributed by atoms with Crippen LogP contribution >= 0.6 is 0 Å². The molecule has 0 bridgehead atoms. The number of aromatic amines is 1. The largest absolute Gasteiger partial charge is 0.497 e. The molecular formula is C12H15N3O4S. The molecule has 0 aliphatic heterocycles. The van der Waals surface area contributed by atoms with Crippen LogP contribution in [0.2, 0.25) is 0 Å². The van der Waals surface area contributed by atoms with E-state index < -0.39 is 10.0 Å². The van der Waals surface area contributed by atoms with Crippen LogP contribution in [0.1, 0.15) is 5.56 Å². The zero-order chi connectivity index (χ0) is 14.6. The first-order chi connectivity index (χ1) is 9.56. The molecule has 108 valence electrons. The first-order valence-corrected chi connectivity index (χ1v) is 7.24. The highest BCUT2D eigenvalue weighted by Crippen LogP contribution is 2.28. The molecule has 2 aromatic rings. The first-order valence-electron chi connectivity index (χ1n) is 5.76. The zero-order valence-electron chi connectivity index (χ0n) is 11.1. The normalized spacial score (nSPS) is 11.3. The van der Waals surface area contributed by atoms with Gasteiger partial charge in [-0.1, -0.05) is 0 Å². The molecule has 0 fully saturated rings. The predicted octanol–water partition coefficient (Wildman–Crippen LogP) is 0.905. The van der Waals surface area contributed by atoms with Gasteiger partial charge in [-0.3, -0.25) is 5.10 Å². The fourth-order valence-electron chi connectivity index (χ4n) is 1.63. The van der Waals surface area contributed by atoms with Crippen molar-refractivity contribution in [3.63, 3.8) is 0 Å². The monoisotopic (exact) mass is 297 g/mol. The number of aromatic nitrogens is 2. The molecule has 1 aromatic carbocycles. The molecule has 0 atom stereocenters. The third-order valence-corrected chi connectivity index (χ3v) is 4.12. The quantitative estimate of drug-likeness (QED) is 0.826. The molecule has 0 aliphatic carbocycles. The number of rotatable bonds is 6. The Morgan fingerprint density at radius 2 is 2.10 bits per heavy atom. The highest BCUT2D eigenvalue weighted by Gasteiger charge is 2.19. The molecule has 0 aliphatic rings. The van der Waals surface area contributed by atoms with Gasteiger partial charge in [-0.05, 0) is 12.1 Å². The van der Waals surface area contributed by atoms with Crippen molar-refractivity contribution >= 4 is 10.0 Å². The average Bonchev–Trinajstić information content (AvgIpc) is 2.97. The van der Waals surface area contributed by atoms with E-state index in [9.17, 15) is 8.42 Å². The number of hydrogen-bond donors (Lipinski definition) is 2. The smallest absolute Gasteiger partial charge is 0.244 e. The van der Waals surface area contributed by atoms with Crippen LogP contribution in [0, 0.1) is 0 Å². The lowest BCUT2D eigenvalue weighted by Crippen LogP contribution is -2.23. The summed E-state index contributed by atoms with van der Waals surface area (Å²) in [4.78, 5) is 0.0595.